The van der Waals surface area contributed by atoms with Crippen molar-refractivity contribution in [2.75, 3.05) is 11.9 Å². The minimum Gasteiger partial charge on any atom is -0.371 e. The Morgan fingerprint density at radius 1 is 0.950 bits per heavy atom. The lowest BCUT2D eigenvalue weighted by Crippen LogP contribution is -2.34. The molecule has 0 aliphatic rings. The number of carbonyl (C=O) groups excluding carboxylic acids is 1. The van der Waals surface area contributed by atoms with Crippen LogP contribution in [0.4, 0.5) is 5.69 Å². The zero-order valence-corrected chi connectivity index (χ0v) is 11.8. The second-order valence-electron chi connectivity index (χ2n) is 4.31. The van der Waals surface area contributed by atoms with Crippen LogP contribution in [-0.2, 0) is 11.2 Å². The average molecular weight is 284 g/mol. The molecule has 0 aliphatic heterocycles. The molecular weight excluding hydrogens is 268 g/mol. The van der Waals surface area contributed by atoms with Gasteiger partial charge in [0.15, 0.2) is 4.99 Å². The molecule has 2 aromatic carbocycles. The van der Waals surface area contributed by atoms with Gasteiger partial charge in [0.05, 0.1) is 0 Å². The van der Waals surface area contributed by atoms with Gasteiger partial charge in [-0.1, -0.05) is 60.7 Å². The number of carbonyl (C=O) groups is 1. The van der Waals surface area contributed by atoms with Crippen LogP contribution in [0.3, 0.4) is 0 Å². The molecule has 0 atom stereocenters. The van der Waals surface area contributed by atoms with Crippen molar-refractivity contribution in [3.05, 3.63) is 66.2 Å². The number of nitrogens with one attached hydrogen (secondary N) is 2. The molecule has 1 amide bonds. The molecule has 0 aromatic heterocycles. The summed E-state index contributed by atoms with van der Waals surface area (Å²) >= 11 is 5.07. The Hall–Kier alpha value is -2.20. The Morgan fingerprint density at radius 3 is 2.20 bits per heavy atom. The highest BCUT2D eigenvalue weighted by atomic mass is 32.1. The van der Waals surface area contributed by atoms with Crippen LogP contribution in [0, 0.1) is 0 Å². The van der Waals surface area contributed by atoms with Gasteiger partial charge >= 0.3 is 0 Å². The van der Waals surface area contributed by atoms with Crippen LogP contribution in [0.25, 0.3) is 0 Å². The first kappa shape index (κ1) is 14.2. The third-order valence-corrected chi connectivity index (χ3v) is 3.11. The van der Waals surface area contributed by atoms with Crippen LogP contribution in [0.2, 0.25) is 0 Å². The van der Waals surface area contributed by atoms with Crippen LogP contribution in [0.5, 0.6) is 0 Å². The molecule has 2 rings (SSSR count). The molecule has 0 heterocycles. The monoisotopic (exact) mass is 284 g/mol. The fraction of sp³-hybridized carbons (Fsp3) is 0.125. The van der Waals surface area contributed by atoms with Gasteiger partial charge in [-0.25, -0.2) is 0 Å². The predicted molar refractivity (Wildman–Crippen MR) is 85.8 cm³/mol. The van der Waals surface area contributed by atoms with Gasteiger partial charge in [0, 0.05) is 12.2 Å². The van der Waals surface area contributed by atoms with E-state index in [1.165, 1.54) is 5.56 Å². The zero-order valence-electron chi connectivity index (χ0n) is 11.0. The number of benzene rings is 2. The Labute approximate surface area is 124 Å². The van der Waals surface area contributed by atoms with Gasteiger partial charge in [-0.15, -0.1) is 0 Å². The van der Waals surface area contributed by atoms with E-state index in [9.17, 15) is 4.79 Å². The molecule has 20 heavy (non-hydrogen) atoms. The van der Waals surface area contributed by atoms with Gasteiger partial charge in [-0.3, -0.25) is 4.79 Å². The lowest BCUT2D eigenvalue weighted by atomic mass is 10.1. The lowest BCUT2D eigenvalue weighted by molar-refractivity contribution is -0.110. The zero-order chi connectivity index (χ0) is 14.2. The minimum absolute atomic E-state index is 0.213. The highest BCUT2D eigenvalue weighted by Gasteiger charge is 2.08. The molecule has 0 fully saturated rings. The summed E-state index contributed by atoms with van der Waals surface area (Å²) in [5, 5.41) is 5.72. The van der Waals surface area contributed by atoms with Gasteiger partial charge < -0.3 is 10.6 Å². The first-order valence-corrected chi connectivity index (χ1v) is 6.84. The third-order valence-electron chi connectivity index (χ3n) is 2.78. The van der Waals surface area contributed by atoms with E-state index in [-0.39, 0.29) is 10.9 Å². The molecule has 2 N–H and O–H groups in total. The number of para-hydroxylation sites is 1. The van der Waals surface area contributed by atoms with Crippen LogP contribution in [0.15, 0.2) is 60.7 Å². The van der Waals surface area contributed by atoms with Crippen LogP contribution >= 0.6 is 12.2 Å². The van der Waals surface area contributed by atoms with Crippen LogP contribution < -0.4 is 10.6 Å². The largest absolute Gasteiger partial charge is 0.371 e. The maximum Gasteiger partial charge on any atom is 0.283 e. The predicted octanol–water partition coefficient (Wildman–Crippen LogP) is 2.78. The fourth-order valence-corrected chi connectivity index (χ4v) is 1.91. The van der Waals surface area contributed by atoms with E-state index in [1.54, 1.807) is 0 Å². The van der Waals surface area contributed by atoms with Gasteiger partial charge in [0.1, 0.15) is 0 Å². The molecule has 0 saturated carbocycles. The van der Waals surface area contributed by atoms with Crippen molar-refractivity contribution in [3.8, 4) is 0 Å². The molecule has 2 aromatic rings. The molecular formula is C16H16N2OS. The molecule has 102 valence electrons. The van der Waals surface area contributed by atoms with E-state index in [0.717, 1.165) is 12.1 Å². The summed E-state index contributed by atoms with van der Waals surface area (Å²) in [5.41, 5.74) is 1.95. The highest BCUT2D eigenvalue weighted by Crippen LogP contribution is 2.04. The van der Waals surface area contributed by atoms with Crippen molar-refractivity contribution in [1.29, 1.82) is 0 Å². The van der Waals surface area contributed by atoms with E-state index in [1.807, 2.05) is 48.5 Å². The summed E-state index contributed by atoms with van der Waals surface area (Å²) in [5.74, 6) is -0.278. The Balaban J connectivity index is 1.76. The number of rotatable bonds is 4. The molecule has 0 spiro atoms. The number of hydrogen-bond donors (Lipinski definition) is 2. The molecule has 0 bridgehead atoms. The Morgan fingerprint density at radius 2 is 1.55 bits per heavy atom. The fourth-order valence-electron chi connectivity index (χ4n) is 1.75. The average Bonchev–Trinajstić information content (AvgIpc) is 2.49. The highest BCUT2D eigenvalue weighted by molar-refractivity contribution is 7.82. The summed E-state index contributed by atoms with van der Waals surface area (Å²) in [6.07, 6.45) is 0.833. The summed E-state index contributed by atoms with van der Waals surface area (Å²) in [6.45, 7) is 0.644. The van der Waals surface area contributed by atoms with Crippen molar-refractivity contribution in [1.82, 2.24) is 5.32 Å². The first-order valence-electron chi connectivity index (χ1n) is 6.44. The molecule has 0 radical (unpaired) electrons. The molecule has 0 saturated heterocycles. The van der Waals surface area contributed by atoms with E-state index in [4.69, 9.17) is 12.2 Å². The van der Waals surface area contributed by atoms with Crippen molar-refractivity contribution in [2.24, 2.45) is 0 Å². The number of anilines is 1. The molecule has 0 unspecified atom stereocenters. The van der Waals surface area contributed by atoms with E-state index < -0.39 is 0 Å². The van der Waals surface area contributed by atoms with Crippen LogP contribution in [-0.4, -0.2) is 17.4 Å². The maximum absolute atomic E-state index is 11.8. The first-order chi connectivity index (χ1) is 9.75. The summed E-state index contributed by atoms with van der Waals surface area (Å²) in [7, 11) is 0. The second kappa shape index (κ2) is 7.40. The second-order valence-corrected chi connectivity index (χ2v) is 4.72. The summed E-state index contributed by atoms with van der Waals surface area (Å²) < 4.78 is 0. The van der Waals surface area contributed by atoms with Gasteiger partial charge in [-0.05, 0) is 24.1 Å². The van der Waals surface area contributed by atoms with Crippen molar-refractivity contribution < 1.29 is 4.79 Å². The Bertz CT molecular complexity index is 570. The normalized spacial score (nSPS) is 9.80. The summed E-state index contributed by atoms with van der Waals surface area (Å²) in [4.78, 5) is 12.1. The quantitative estimate of drug-likeness (QED) is 0.848. The van der Waals surface area contributed by atoms with Crippen molar-refractivity contribution in [2.45, 2.75) is 6.42 Å². The number of thiocarbonyl (C=S) groups is 1. The smallest absolute Gasteiger partial charge is 0.283 e. The molecule has 0 aliphatic carbocycles. The van der Waals surface area contributed by atoms with Crippen LogP contribution in [0.1, 0.15) is 5.56 Å². The van der Waals surface area contributed by atoms with E-state index in [2.05, 4.69) is 22.8 Å². The SMILES string of the molecule is O=C(Nc1ccccc1)C(=S)NCCc1ccccc1. The van der Waals surface area contributed by atoms with Gasteiger partial charge in [0.25, 0.3) is 5.91 Å². The van der Waals surface area contributed by atoms with E-state index in [0.29, 0.717) is 6.54 Å². The summed E-state index contributed by atoms with van der Waals surface area (Å²) in [6, 6.07) is 19.3. The third kappa shape index (κ3) is 4.48. The van der Waals surface area contributed by atoms with Crippen molar-refractivity contribution >= 4 is 28.8 Å². The van der Waals surface area contributed by atoms with Crippen molar-refractivity contribution in [3.63, 3.8) is 0 Å². The molecule has 4 heteroatoms. The van der Waals surface area contributed by atoms with Gasteiger partial charge in [0.2, 0.25) is 0 Å². The number of amides is 1. The standard InChI is InChI=1S/C16H16N2OS/c19-15(18-14-9-5-2-6-10-14)16(20)17-12-11-13-7-3-1-4-8-13/h1-10H,11-12H2,(H,17,20)(H,18,19). The maximum atomic E-state index is 11.8. The van der Waals surface area contributed by atoms with Gasteiger partial charge in [-0.2, -0.15) is 0 Å². The topological polar surface area (TPSA) is 41.1 Å². The van der Waals surface area contributed by atoms with E-state index >= 15 is 0 Å². The molecule has 3 nitrogen and oxygen atoms in total. The minimum atomic E-state index is -0.278. The lowest BCUT2D eigenvalue weighted by Gasteiger charge is -2.08. The Kier molecular flexibility index (Phi) is 5.26. The number of hydrogen-bond acceptors (Lipinski definition) is 2.